The van der Waals surface area contributed by atoms with E-state index in [-0.39, 0.29) is 11.8 Å². The minimum absolute atomic E-state index is 0.0902. The van der Waals surface area contributed by atoms with Crippen LogP contribution in [0.4, 0.5) is 0 Å². The Morgan fingerprint density at radius 3 is 1.44 bits per heavy atom. The SMILES string of the molecule is C=C1c2cc3c(cc2C(=O)N1C)C(=C)N(C)C3=O. The Morgan fingerprint density at radius 2 is 1.11 bits per heavy atom. The van der Waals surface area contributed by atoms with E-state index in [1.54, 1.807) is 26.2 Å². The van der Waals surface area contributed by atoms with Crippen molar-refractivity contribution >= 4 is 23.2 Å². The lowest BCUT2D eigenvalue weighted by molar-refractivity contribution is 0.0866. The number of amides is 2. The molecule has 0 N–H and O–H groups in total. The highest BCUT2D eigenvalue weighted by Gasteiger charge is 2.35. The Hall–Kier alpha value is -2.36. The molecule has 2 heterocycles. The number of nitrogens with zero attached hydrogens (tertiary/aromatic N) is 2. The highest BCUT2D eigenvalue weighted by atomic mass is 16.2. The maximum Gasteiger partial charge on any atom is 0.258 e. The van der Waals surface area contributed by atoms with Crippen LogP contribution in [0.25, 0.3) is 11.4 Å². The van der Waals surface area contributed by atoms with Gasteiger partial charge in [0.1, 0.15) is 0 Å². The first-order valence-electron chi connectivity index (χ1n) is 5.56. The highest BCUT2D eigenvalue weighted by molar-refractivity contribution is 6.14. The largest absolute Gasteiger partial charge is 0.311 e. The van der Waals surface area contributed by atoms with Crippen molar-refractivity contribution in [1.29, 1.82) is 0 Å². The van der Waals surface area contributed by atoms with Crippen LogP contribution in [0.1, 0.15) is 31.8 Å². The number of carbonyl (C=O) groups excluding carboxylic acids is 2. The van der Waals surface area contributed by atoms with Crippen LogP contribution < -0.4 is 0 Å². The van der Waals surface area contributed by atoms with Crippen LogP contribution in [-0.2, 0) is 0 Å². The summed E-state index contributed by atoms with van der Waals surface area (Å²) in [6.45, 7) is 7.75. The maximum atomic E-state index is 12.0. The molecular weight excluding hydrogens is 228 g/mol. The van der Waals surface area contributed by atoms with Gasteiger partial charge in [-0.1, -0.05) is 13.2 Å². The van der Waals surface area contributed by atoms with E-state index in [9.17, 15) is 9.59 Å². The molecule has 0 fully saturated rings. The smallest absolute Gasteiger partial charge is 0.258 e. The second-order valence-corrected chi connectivity index (χ2v) is 4.57. The molecule has 4 nitrogen and oxygen atoms in total. The molecule has 0 saturated carbocycles. The zero-order valence-corrected chi connectivity index (χ0v) is 10.3. The van der Waals surface area contributed by atoms with Gasteiger partial charge < -0.3 is 9.80 Å². The summed E-state index contributed by atoms with van der Waals surface area (Å²) in [4.78, 5) is 27.0. The molecule has 1 aromatic carbocycles. The van der Waals surface area contributed by atoms with Gasteiger partial charge in [0, 0.05) is 47.7 Å². The van der Waals surface area contributed by atoms with Gasteiger partial charge in [-0.05, 0) is 12.1 Å². The Labute approximate surface area is 105 Å². The molecule has 0 unspecified atom stereocenters. The van der Waals surface area contributed by atoms with Gasteiger partial charge in [-0.3, -0.25) is 9.59 Å². The molecule has 2 aliphatic heterocycles. The number of fused-ring (bicyclic) bond motifs is 2. The normalized spacial score (nSPS) is 17.7. The van der Waals surface area contributed by atoms with Crippen LogP contribution in [0, 0.1) is 0 Å². The van der Waals surface area contributed by atoms with Gasteiger partial charge in [-0.25, -0.2) is 0 Å². The molecule has 0 atom stereocenters. The molecular formula is C14H12N2O2. The third-order valence-electron chi connectivity index (χ3n) is 3.66. The van der Waals surface area contributed by atoms with E-state index >= 15 is 0 Å². The van der Waals surface area contributed by atoms with Gasteiger partial charge in [0.25, 0.3) is 11.8 Å². The first-order chi connectivity index (χ1) is 8.43. The molecule has 0 spiro atoms. The monoisotopic (exact) mass is 240 g/mol. The highest BCUT2D eigenvalue weighted by Crippen LogP contribution is 2.38. The van der Waals surface area contributed by atoms with Crippen molar-refractivity contribution in [3.63, 3.8) is 0 Å². The van der Waals surface area contributed by atoms with Crippen LogP contribution in [0.15, 0.2) is 25.3 Å². The molecule has 0 aliphatic carbocycles. The third-order valence-corrected chi connectivity index (χ3v) is 3.66. The zero-order valence-electron chi connectivity index (χ0n) is 10.3. The lowest BCUT2D eigenvalue weighted by Gasteiger charge is -2.09. The van der Waals surface area contributed by atoms with Crippen LogP contribution in [0.3, 0.4) is 0 Å². The predicted octanol–water partition coefficient (Wildman–Crippen LogP) is 1.80. The van der Waals surface area contributed by atoms with E-state index in [4.69, 9.17) is 0 Å². The van der Waals surface area contributed by atoms with Crippen LogP contribution in [0.5, 0.6) is 0 Å². The molecule has 4 heteroatoms. The van der Waals surface area contributed by atoms with Crippen LogP contribution in [0.2, 0.25) is 0 Å². The van der Waals surface area contributed by atoms with Crippen molar-refractivity contribution in [2.75, 3.05) is 14.1 Å². The van der Waals surface area contributed by atoms with E-state index in [1.807, 2.05) is 0 Å². The second kappa shape index (κ2) is 3.10. The molecule has 18 heavy (non-hydrogen) atoms. The van der Waals surface area contributed by atoms with Crippen molar-refractivity contribution in [2.24, 2.45) is 0 Å². The van der Waals surface area contributed by atoms with E-state index in [1.165, 1.54) is 9.80 Å². The summed E-state index contributed by atoms with van der Waals surface area (Å²) >= 11 is 0. The molecule has 0 saturated heterocycles. The zero-order chi connectivity index (χ0) is 13.2. The first kappa shape index (κ1) is 10.8. The summed E-state index contributed by atoms with van der Waals surface area (Å²) in [5, 5.41) is 0. The Kier molecular flexibility index (Phi) is 1.86. The number of hydrogen-bond donors (Lipinski definition) is 0. The fourth-order valence-corrected chi connectivity index (χ4v) is 2.40. The van der Waals surface area contributed by atoms with Gasteiger partial charge >= 0.3 is 0 Å². The Morgan fingerprint density at radius 1 is 0.778 bits per heavy atom. The molecule has 1 aromatic rings. The van der Waals surface area contributed by atoms with E-state index in [0.29, 0.717) is 22.5 Å². The number of benzene rings is 1. The van der Waals surface area contributed by atoms with Gasteiger partial charge in [-0.2, -0.15) is 0 Å². The van der Waals surface area contributed by atoms with E-state index in [0.717, 1.165) is 11.1 Å². The average Bonchev–Trinajstić information content (AvgIpc) is 2.71. The van der Waals surface area contributed by atoms with Crippen molar-refractivity contribution in [3.05, 3.63) is 47.5 Å². The van der Waals surface area contributed by atoms with Crippen molar-refractivity contribution in [1.82, 2.24) is 9.80 Å². The maximum absolute atomic E-state index is 12.0. The standard InChI is InChI=1S/C14H12N2O2/c1-7-9-5-12-10(8(2)16(4)14(12)18)6-11(9)13(17)15(7)3/h5-6H,1-2H2,3-4H3. The van der Waals surface area contributed by atoms with Crippen molar-refractivity contribution in [3.8, 4) is 0 Å². The van der Waals surface area contributed by atoms with Gasteiger partial charge in [0.05, 0.1) is 0 Å². The quantitative estimate of drug-likeness (QED) is 0.693. The van der Waals surface area contributed by atoms with Crippen molar-refractivity contribution in [2.45, 2.75) is 0 Å². The third kappa shape index (κ3) is 1.05. The van der Waals surface area contributed by atoms with Gasteiger partial charge in [0.15, 0.2) is 0 Å². The minimum Gasteiger partial charge on any atom is -0.311 e. The molecule has 2 amide bonds. The fourth-order valence-electron chi connectivity index (χ4n) is 2.40. The molecule has 0 aromatic heterocycles. The Balaban J connectivity index is 2.30. The molecule has 90 valence electrons. The molecule has 0 radical (unpaired) electrons. The number of hydrogen-bond acceptors (Lipinski definition) is 2. The lowest BCUT2D eigenvalue weighted by atomic mass is 9.99. The summed E-state index contributed by atoms with van der Waals surface area (Å²) in [6.07, 6.45) is 0. The average molecular weight is 240 g/mol. The summed E-state index contributed by atoms with van der Waals surface area (Å²) in [5.41, 5.74) is 3.91. The van der Waals surface area contributed by atoms with E-state index < -0.39 is 0 Å². The number of rotatable bonds is 0. The Bertz CT molecular complexity index is 550. The lowest BCUT2D eigenvalue weighted by Crippen LogP contribution is -2.17. The molecule has 0 bridgehead atoms. The summed E-state index contributed by atoms with van der Waals surface area (Å²) in [7, 11) is 3.36. The van der Waals surface area contributed by atoms with Gasteiger partial charge in [0.2, 0.25) is 0 Å². The number of carbonyl (C=O) groups is 2. The topological polar surface area (TPSA) is 40.6 Å². The molecule has 2 aliphatic rings. The predicted molar refractivity (Wildman–Crippen MR) is 68.7 cm³/mol. The van der Waals surface area contributed by atoms with E-state index in [2.05, 4.69) is 13.2 Å². The minimum atomic E-state index is -0.0902. The fraction of sp³-hybridized carbons (Fsp3) is 0.143. The van der Waals surface area contributed by atoms with Crippen molar-refractivity contribution < 1.29 is 9.59 Å². The summed E-state index contributed by atoms with van der Waals surface area (Å²) in [6, 6.07) is 3.48. The second-order valence-electron chi connectivity index (χ2n) is 4.57. The summed E-state index contributed by atoms with van der Waals surface area (Å²) in [5.74, 6) is -0.180. The first-order valence-corrected chi connectivity index (χ1v) is 5.56. The van der Waals surface area contributed by atoms with Gasteiger partial charge in [-0.15, -0.1) is 0 Å². The summed E-state index contributed by atoms with van der Waals surface area (Å²) < 4.78 is 0. The van der Waals surface area contributed by atoms with Crippen LogP contribution in [-0.4, -0.2) is 35.7 Å². The van der Waals surface area contributed by atoms with Crippen LogP contribution >= 0.6 is 0 Å². The molecule has 3 rings (SSSR count).